The molecule has 0 amide bonds. The summed E-state index contributed by atoms with van der Waals surface area (Å²) in [5, 5.41) is 0. The summed E-state index contributed by atoms with van der Waals surface area (Å²) in [5.74, 6) is 0.643. The predicted octanol–water partition coefficient (Wildman–Crippen LogP) is 2.31. The lowest BCUT2D eigenvalue weighted by molar-refractivity contribution is 0.466. The average Bonchev–Trinajstić information content (AvgIpc) is 2.80. The van der Waals surface area contributed by atoms with E-state index in [0.717, 1.165) is 6.42 Å². The van der Waals surface area contributed by atoms with Gasteiger partial charge in [0, 0.05) is 11.5 Å². The standard InChI is InChI=1S/C12H17N/c1-9(2)12(8-11(12)13)10-6-4-3-5-7-10/h3-7,9,11H,8,13H2,1-2H3. The highest BCUT2D eigenvalue weighted by atomic mass is 14.8. The molecule has 0 radical (unpaired) electrons. The molecule has 13 heavy (non-hydrogen) atoms. The van der Waals surface area contributed by atoms with Crippen LogP contribution in [0.3, 0.4) is 0 Å². The van der Waals surface area contributed by atoms with Crippen LogP contribution in [0.15, 0.2) is 30.3 Å². The molecule has 2 unspecified atom stereocenters. The predicted molar refractivity (Wildman–Crippen MR) is 55.6 cm³/mol. The van der Waals surface area contributed by atoms with Crippen LogP contribution in [0, 0.1) is 5.92 Å². The Morgan fingerprint density at radius 1 is 1.31 bits per heavy atom. The third-order valence-electron chi connectivity index (χ3n) is 3.40. The first-order valence-corrected chi connectivity index (χ1v) is 4.99. The van der Waals surface area contributed by atoms with E-state index in [-0.39, 0.29) is 5.41 Å². The molecule has 0 spiro atoms. The molecule has 1 aliphatic carbocycles. The van der Waals surface area contributed by atoms with E-state index in [1.54, 1.807) is 0 Å². The van der Waals surface area contributed by atoms with Crippen LogP contribution in [-0.4, -0.2) is 6.04 Å². The van der Waals surface area contributed by atoms with Crippen molar-refractivity contribution in [2.45, 2.75) is 31.7 Å². The molecule has 2 N–H and O–H groups in total. The molecular formula is C12H17N. The summed E-state index contributed by atoms with van der Waals surface area (Å²) >= 11 is 0. The lowest BCUT2D eigenvalue weighted by Gasteiger charge is -2.21. The maximum atomic E-state index is 6.03. The minimum Gasteiger partial charge on any atom is -0.327 e. The van der Waals surface area contributed by atoms with E-state index in [2.05, 4.69) is 44.2 Å². The van der Waals surface area contributed by atoms with Crippen LogP contribution in [0.2, 0.25) is 0 Å². The van der Waals surface area contributed by atoms with Gasteiger partial charge in [-0.2, -0.15) is 0 Å². The molecule has 1 nitrogen and oxygen atoms in total. The molecule has 1 heteroatoms. The Morgan fingerprint density at radius 3 is 2.23 bits per heavy atom. The molecule has 0 saturated heterocycles. The van der Waals surface area contributed by atoms with Gasteiger partial charge in [0.05, 0.1) is 0 Å². The second-order valence-corrected chi connectivity index (χ2v) is 4.37. The molecule has 1 aromatic rings. The molecule has 0 bridgehead atoms. The van der Waals surface area contributed by atoms with Gasteiger partial charge >= 0.3 is 0 Å². The van der Waals surface area contributed by atoms with Crippen LogP contribution in [-0.2, 0) is 5.41 Å². The van der Waals surface area contributed by atoms with Crippen LogP contribution < -0.4 is 5.73 Å². The fraction of sp³-hybridized carbons (Fsp3) is 0.500. The molecule has 1 fully saturated rings. The van der Waals surface area contributed by atoms with Gasteiger partial charge < -0.3 is 5.73 Å². The van der Waals surface area contributed by atoms with Crippen molar-refractivity contribution in [1.82, 2.24) is 0 Å². The Balaban J connectivity index is 2.35. The summed E-state index contributed by atoms with van der Waals surface area (Å²) in [7, 11) is 0. The van der Waals surface area contributed by atoms with Crippen LogP contribution in [0.5, 0.6) is 0 Å². The minimum atomic E-state index is 0.279. The molecule has 0 aliphatic heterocycles. The molecular weight excluding hydrogens is 158 g/mol. The van der Waals surface area contributed by atoms with Crippen LogP contribution >= 0.6 is 0 Å². The Hall–Kier alpha value is -0.820. The topological polar surface area (TPSA) is 26.0 Å². The average molecular weight is 175 g/mol. The van der Waals surface area contributed by atoms with Crippen molar-refractivity contribution < 1.29 is 0 Å². The molecule has 0 aromatic heterocycles. The summed E-state index contributed by atoms with van der Waals surface area (Å²) in [5.41, 5.74) is 7.73. The van der Waals surface area contributed by atoms with Crippen molar-refractivity contribution in [2.75, 3.05) is 0 Å². The van der Waals surface area contributed by atoms with Gasteiger partial charge in [-0.15, -0.1) is 0 Å². The van der Waals surface area contributed by atoms with Crippen molar-refractivity contribution >= 4 is 0 Å². The van der Waals surface area contributed by atoms with Gasteiger partial charge in [-0.3, -0.25) is 0 Å². The Kier molecular flexibility index (Phi) is 1.92. The van der Waals surface area contributed by atoms with E-state index in [4.69, 9.17) is 5.73 Å². The zero-order chi connectivity index (χ0) is 9.47. The summed E-state index contributed by atoms with van der Waals surface area (Å²) in [4.78, 5) is 0. The third kappa shape index (κ3) is 1.19. The monoisotopic (exact) mass is 175 g/mol. The Morgan fingerprint density at radius 2 is 1.85 bits per heavy atom. The quantitative estimate of drug-likeness (QED) is 0.733. The molecule has 1 aromatic carbocycles. The summed E-state index contributed by atoms with van der Waals surface area (Å²) in [6, 6.07) is 11.0. The minimum absolute atomic E-state index is 0.279. The Bertz CT molecular complexity index is 291. The van der Waals surface area contributed by atoms with E-state index in [9.17, 15) is 0 Å². The van der Waals surface area contributed by atoms with E-state index in [1.165, 1.54) is 5.56 Å². The first kappa shape index (κ1) is 8.76. The smallest absolute Gasteiger partial charge is 0.0148 e. The SMILES string of the molecule is CC(C)C1(c2ccccc2)CC1N. The second kappa shape index (κ2) is 2.85. The maximum Gasteiger partial charge on any atom is 0.0148 e. The van der Waals surface area contributed by atoms with Crippen molar-refractivity contribution in [2.24, 2.45) is 11.7 Å². The third-order valence-corrected chi connectivity index (χ3v) is 3.40. The number of nitrogens with two attached hydrogens (primary N) is 1. The molecule has 70 valence electrons. The molecule has 1 saturated carbocycles. The van der Waals surface area contributed by atoms with Crippen molar-refractivity contribution in [1.29, 1.82) is 0 Å². The van der Waals surface area contributed by atoms with E-state index >= 15 is 0 Å². The van der Waals surface area contributed by atoms with Gasteiger partial charge in [0.2, 0.25) is 0 Å². The highest BCUT2D eigenvalue weighted by Crippen LogP contribution is 2.52. The summed E-state index contributed by atoms with van der Waals surface area (Å²) < 4.78 is 0. The first-order chi connectivity index (χ1) is 6.18. The van der Waals surface area contributed by atoms with Crippen molar-refractivity contribution in [3.63, 3.8) is 0 Å². The molecule has 0 heterocycles. The lowest BCUT2D eigenvalue weighted by atomic mass is 9.84. The number of rotatable bonds is 2. The summed E-state index contributed by atoms with van der Waals surface area (Å²) in [6.45, 7) is 4.53. The van der Waals surface area contributed by atoms with Gasteiger partial charge in [-0.1, -0.05) is 44.2 Å². The van der Waals surface area contributed by atoms with Gasteiger partial charge in [0.15, 0.2) is 0 Å². The lowest BCUT2D eigenvalue weighted by Crippen LogP contribution is -2.24. The highest BCUT2D eigenvalue weighted by Gasteiger charge is 2.54. The largest absolute Gasteiger partial charge is 0.327 e. The normalized spacial score (nSPS) is 32.2. The number of benzene rings is 1. The number of hydrogen-bond donors (Lipinski definition) is 1. The fourth-order valence-corrected chi connectivity index (χ4v) is 2.38. The van der Waals surface area contributed by atoms with E-state index in [1.807, 2.05) is 0 Å². The second-order valence-electron chi connectivity index (χ2n) is 4.37. The van der Waals surface area contributed by atoms with Gasteiger partial charge in [-0.25, -0.2) is 0 Å². The van der Waals surface area contributed by atoms with E-state index < -0.39 is 0 Å². The highest BCUT2D eigenvalue weighted by molar-refractivity contribution is 5.36. The van der Waals surface area contributed by atoms with Crippen LogP contribution in [0.25, 0.3) is 0 Å². The van der Waals surface area contributed by atoms with Gasteiger partial charge in [0.25, 0.3) is 0 Å². The zero-order valence-electron chi connectivity index (χ0n) is 8.33. The summed E-state index contributed by atoms with van der Waals surface area (Å²) in [6.07, 6.45) is 1.15. The molecule has 2 rings (SSSR count). The van der Waals surface area contributed by atoms with Crippen molar-refractivity contribution in [3.05, 3.63) is 35.9 Å². The van der Waals surface area contributed by atoms with Gasteiger partial charge in [0.1, 0.15) is 0 Å². The zero-order valence-corrected chi connectivity index (χ0v) is 8.33. The fourth-order valence-electron chi connectivity index (χ4n) is 2.38. The van der Waals surface area contributed by atoms with Crippen molar-refractivity contribution in [3.8, 4) is 0 Å². The Labute approximate surface area is 80.0 Å². The maximum absolute atomic E-state index is 6.03. The van der Waals surface area contributed by atoms with E-state index in [0.29, 0.717) is 12.0 Å². The molecule has 1 aliphatic rings. The molecule has 2 atom stereocenters. The van der Waals surface area contributed by atoms with Crippen LogP contribution in [0.1, 0.15) is 25.8 Å². The first-order valence-electron chi connectivity index (χ1n) is 4.99. The number of hydrogen-bond acceptors (Lipinski definition) is 1. The van der Waals surface area contributed by atoms with Crippen LogP contribution in [0.4, 0.5) is 0 Å². The van der Waals surface area contributed by atoms with Gasteiger partial charge in [-0.05, 0) is 17.9 Å².